The van der Waals surface area contributed by atoms with Crippen LogP contribution in [-0.2, 0) is 18.0 Å². The molecule has 312 valence electrons. The SMILES string of the molecule is C=C(C)CCC/C(C)=C/[C@H](CC(=C)CC1(O)C=C(CO[Si](C(C)C)(C(C)C)C(C)C)[C@H]2C[C@@H](O[Si](C)(C)C(C)(C)C)C(C)=C[C@H]2O1)O[Si](CC)(CC)CC. The molecule has 0 aromatic carbocycles. The minimum atomic E-state index is -2.17. The minimum absolute atomic E-state index is 0.0195. The van der Waals surface area contributed by atoms with Crippen molar-refractivity contribution >= 4 is 25.0 Å². The van der Waals surface area contributed by atoms with E-state index >= 15 is 0 Å². The van der Waals surface area contributed by atoms with E-state index in [1.54, 1.807) is 0 Å². The summed E-state index contributed by atoms with van der Waals surface area (Å²) >= 11 is 0. The Morgan fingerprint density at radius 2 is 1.54 bits per heavy atom. The van der Waals surface area contributed by atoms with Crippen molar-refractivity contribution in [2.75, 3.05) is 6.61 Å². The zero-order chi connectivity index (χ0) is 41.4. The highest BCUT2D eigenvalue weighted by Crippen LogP contribution is 2.47. The molecule has 1 N–H and O–H groups in total. The molecule has 0 spiro atoms. The minimum Gasteiger partial charge on any atom is -0.412 e. The fourth-order valence-electron chi connectivity index (χ4n) is 9.04. The molecule has 0 fully saturated rings. The van der Waals surface area contributed by atoms with Gasteiger partial charge in [-0.2, -0.15) is 0 Å². The van der Waals surface area contributed by atoms with Crippen LogP contribution in [0.5, 0.6) is 0 Å². The molecule has 0 radical (unpaired) electrons. The molecule has 5 nitrogen and oxygen atoms in total. The lowest BCUT2D eigenvalue weighted by Gasteiger charge is -2.48. The van der Waals surface area contributed by atoms with Gasteiger partial charge in [0.25, 0.3) is 0 Å². The van der Waals surface area contributed by atoms with Gasteiger partial charge in [-0.05, 0) is 123 Å². The van der Waals surface area contributed by atoms with Gasteiger partial charge in [0.2, 0.25) is 8.32 Å². The second-order valence-corrected chi connectivity index (χ2v) is 34.7. The molecule has 1 heterocycles. The molecule has 2 rings (SSSR count). The molecule has 0 bridgehead atoms. The lowest BCUT2D eigenvalue weighted by molar-refractivity contribution is -0.206. The highest BCUT2D eigenvalue weighted by Gasteiger charge is 2.49. The summed E-state index contributed by atoms with van der Waals surface area (Å²) < 4.78 is 28.2. The van der Waals surface area contributed by atoms with Gasteiger partial charge in [-0.3, -0.25) is 0 Å². The number of hydrogen-bond donors (Lipinski definition) is 1. The van der Waals surface area contributed by atoms with Crippen molar-refractivity contribution < 1.29 is 23.1 Å². The molecule has 0 saturated carbocycles. The van der Waals surface area contributed by atoms with Gasteiger partial charge in [0.15, 0.2) is 22.4 Å². The van der Waals surface area contributed by atoms with Crippen molar-refractivity contribution in [1.29, 1.82) is 0 Å². The van der Waals surface area contributed by atoms with Crippen LogP contribution < -0.4 is 0 Å². The van der Waals surface area contributed by atoms with E-state index < -0.39 is 30.7 Å². The van der Waals surface area contributed by atoms with E-state index in [-0.39, 0.29) is 29.3 Å². The van der Waals surface area contributed by atoms with Gasteiger partial charge in [0.1, 0.15) is 0 Å². The third-order valence-corrected chi connectivity index (χ3v) is 28.7. The summed E-state index contributed by atoms with van der Waals surface area (Å²) in [6.07, 6.45) is 11.2. The van der Waals surface area contributed by atoms with Crippen molar-refractivity contribution in [3.63, 3.8) is 0 Å². The maximum Gasteiger partial charge on any atom is 0.200 e. The molecule has 1 aliphatic heterocycles. The van der Waals surface area contributed by atoms with E-state index in [0.29, 0.717) is 36.1 Å². The first kappa shape index (κ1) is 49.3. The summed E-state index contributed by atoms with van der Waals surface area (Å²) in [5.74, 6) is -1.42. The number of ether oxygens (including phenoxy) is 1. The molecular weight excluding hydrogens is 717 g/mol. The molecule has 1 aliphatic carbocycles. The number of rotatable bonds is 22. The Hall–Kier alpha value is -0.849. The summed E-state index contributed by atoms with van der Waals surface area (Å²) in [7, 11) is -6.10. The van der Waals surface area contributed by atoms with E-state index in [2.05, 4.69) is 142 Å². The van der Waals surface area contributed by atoms with Crippen molar-refractivity contribution in [1.82, 2.24) is 0 Å². The van der Waals surface area contributed by atoms with Crippen LogP contribution in [0.4, 0.5) is 0 Å². The average Bonchev–Trinajstić information content (AvgIpc) is 3.02. The standard InChI is InChI=1S/C46H86O5Si3/c1-20-53(21-2,22-3)50-41(26-37(12)25-23-24-33(4)5)27-38(13)30-46(47)31-40(32-48-54(34(6)7,35(8)9)36(10)11)42-29-43(39(14)28-44(42)49-46)51-52(18,19)45(15,16)17/h26,28,31,34-36,41-44,47H,4,13,20-25,27,29-30,32H2,1-3,5-12,14-19H3/b37-26+/t41-,42-,43-,44-,46?/m1/s1. The predicted molar refractivity (Wildman–Crippen MR) is 242 cm³/mol. The normalized spacial score (nSPS) is 23.8. The Balaban J connectivity index is 2.54. The Morgan fingerprint density at radius 3 is 2.02 bits per heavy atom. The predicted octanol–water partition coefficient (Wildman–Crippen LogP) is 14.0. The van der Waals surface area contributed by atoms with E-state index in [9.17, 15) is 5.11 Å². The van der Waals surface area contributed by atoms with Crippen LogP contribution in [0.3, 0.4) is 0 Å². The van der Waals surface area contributed by atoms with E-state index in [1.807, 2.05) is 6.08 Å². The maximum atomic E-state index is 12.5. The summed E-state index contributed by atoms with van der Waals surface area (Å²) in [5.41, 5.74) is 7.26. The molecule has 54 heavy (non-hydrogen) atoms. The Morgan fingerprint density at radius 1 is 0.981 bits per heavy atom. The molecule has 0 amide bonds. The second kappa shape index (κ2) is 20.2. The van der Waals surface area contributed by atoms with Crippen LogP contribution >= 0.6 is 0 Å². The van der Waals surface area contributed by atoms with E-state index in [0.717, 1.165) is 55.0 Å². The second-order valence-electron chi connectivity index (χ2n) is 19.7. The topological polar surface area (TPSA) is 57.2 Å². The Kier molecular flexibility index (Phi) is 18.5. The van der Waals surface area contributed by atoms with Crippen molar-refractivity contribution in [3.8, 4) is 0 Å². The third kappa shape index (κ3) is 12.8. The smallest absolute Gasteiger partial charge is 0.200 e. The zero-order valence-electron chi connectivity index (χ0n) is 38.3. The van der Waals surface area contributed by atoms with Gasteiger partial charge < -0.3 is 23.1 Å². The van der Waals surface area contributed by atoms with Gasteiger partial charge in [0, 0.05) is 12.3 Å². The molecule has 1 unspecified atom stereocenters. The van der Waals surface area contributed by atoms with Crippen LogP contribution in [0.2, 0.25) is 52.9 Å². The molecule has 8 heteroatoms. The Labute approximate surface area is 337 Å². The molecule has 5 atom stereocenters. The van der Waals surface area contributed by atoms with Gasteiger partial charge in [-0.15, -0.1) is 6.58 Å². The largest absolute Gasteiger partial charge is 0.412 e. The van der Waals surface area contributed by atoms with Gasteiger partial charge in [0.05, 0.1) is 24.9 Å². The van der Waals surface area contributed by atoms with Gasteiger partial charge in [-0.25, -0.2) is 0 Å². The number of hydrogen-bond acceptors (Lipinski definition) is 5. The molecule has 0 aromatic rings. The first-order valence-corrected chi connectivity index (χ1v) is 29.2. The molecule has 0 aromatic heterocycles. The van der Waals surface area contributed by atoms with E-state index in [4.69, 9.17) is 18.0 Å². The summed E-state index contributed by atoms with van der Waals surface area (Å²) in [4.78, 5) is 0. The number of fused-ring (bicyclic) bond motifs is 1. The monoisotopic (exact) mass is 803 g/mol. The number of allylic oxidation sites excluding steroid dienone is 2. The van der Waals surface area contributed by atoms with Crippen LogP contribution in [0.25, 0.3) is 0 Å². The van der Waals surface area contributed by atoms with Crippen LogP contribution in [0.1, 0.15) is 142 Å². The van der Waals surface area contributed by atoms with Crippen molar-refractivity contribution in [2.45, 2.75) is 219 Å². The Bertz CT molecular complexity index is 1300. The quantitative estimate of drug-likeness (QED) is 0.0873. The summed E-state index contributed by atoms with van der Waals surface area (Å²) in [5, 5.41) is 12.6. The van der Waals surface area contributed by atoms with Gasteiger partial charge in [-0.1, -0.05) is 119 Å². The first-order chi connectivity index (χ1) is 24.8. The first-order valence-electron chi connectivity index (χ1n) is 21.6. The van der Waals surface area contributed by atoms with Gasteiger partial charge >= 0.3 is 0 Å². The lowest BCUT2D eigenvalue weighted by atomic mass is 9.78. The van der Waals surface area contributed by atoms with Crippen LogP contribution in [0.15, 0.2) is 59.3 Å². The average molecular weight is 803 g/mol. The van der Waals surface area contributed by atoms with E-state index in [1.165, 1.54) is 16.7 Å². The summed E-state index contributed by atoms with van der Waals surface area (Å²) in [6.45, 7) is 48.2. The fraction of sp³-hybridized carbons (Fsp3) is 0.783. The lowest BCUT2D eigenvalue weighted by Crippen LogP contribution is -2.51. The van der Waals surface area contributed by atoms with Crippen LogP contribution in [0, 0.1) is 5.92 Å². The fourth-order valence-corrected chi connectivity index (χ4v) is 18.6. The van der Waals surface area contributed by atoms with Crippen LogP contribution in [-0.4, -0.2) is 60.8 Å². The third-order valence-electron chi connectivity index (χ3n) is 13.4. The van der Waals surface area contributed by atoms with Crippen molar-refractivity contribution in [2.24, 2.45) is 5.92 Å². The maximum absolute atomic E-state index is 12.5. The molecule has 2 aliphatic rings. The number of aliphatic hydroxyl groups is 1. The van der Waals surface area contributed by atoms with Crippen molar-refractivity contribution in [3.05, 3.63) is 59.3 Å². The zero-order valence-corrected chi connectivity index (χ0v) is 41.3. The molecule has 0 saturated heterocycles. The highest BCUT2D eigenvalue weighted by atomic mass is 28.4. The summed E-state index contributed by atoms with van der Waals surface area (Å²) in [6, 6.07) is 3.27. The highest BCUT2D eigenvalue weighted by molar-refractivity contribution is 6.77. The molecular formula is C46H86O5Si3.